The molecule has 7 heteroatoms. The molecular weight excluding hydrogens is 523 g/mol. The summed E-state index contributed by atoms with van der Waals surface area (Å²) >= 11 is 0. The van der Waals surface area contributed by atoms with E-state index in [-0.39, 0.29) is 16.2 Å². The summed E-state index contributed by atoms with van der Waals surface area (Å²) < 4.78 is 49.4. The van der Waals surface area contributed by atoms with Gasteiger partial charge >= 0.3 is 0 Å². The Hall–Kier alpha value is -2.90. The summed E-state index contributed by atoms with van der Waals surface area (Å²) in [6.07, 6.45) is 7.29. The quantitative estimate of drug-likeness (QED) is 0.227. The lowest BCUT2D eigenvalue weighted by Gasteiger charge is -2.29. The van der Waals surface area contributed by atoms with Crippen molar-refractivity contribution < 1.29 is 17.5 Å². The van der Waals surface area contributed by atoms with Crippen LogP contribution in [-0.4, -0.2) is 25.5 Å². The Bertz CT molecular complexity index is 1380. The van der Waals surface area contributed by atoms with Crippen molar-refractivity contribution in [3.05, 3.63) is 88.7 Å². The van der Waals surface area contributed by atoms with Gasteiger partial charge in [-0.15, -0.1) is 0 Å². The highest BCUT2D eigenvalue weighted by Gasteiger charge is 2.22. The predicted molar refractivity (Wildman–Crippen MR) is 161 cm³/mol. The normalized spacial score (nSPS) is 14.1. The van der Waals surface area contributed by atoms with E-state index in [1.54, 1.807) is 12.1 Å². The Balaban J connectivity index is 1.35. The number of sulfonamides is 1. The van der Waals surface area contributed by atoms with Crippen LogP contribution < -0.4 is 9.46 Å². The number of fused-ring (bicyclic) bond motifs is 1. The van der Waals surface area contributed by atoms with Gasteiger partial charge in [0.2, 0.25) is 0 Å². The molecule has 3 aromatic carbocycles. The maximum atomic E-state index is 14.8. The molecule has 0 saturated carbocycles. The van der Waals surface area contributed by atoms with E-state index < -0.39 is 15.8 Å². The van der Waals surface area contributed by atoms with Crippen LogP contribution in [0.1, 0.15) is 82.1 Å². The van der Waals surface area contributed by atoms with E-state index in [1.165, 1.54) is 37.0 Å². The maximum Gasteiger partial charge on any atom is 0.261 e. The molecule has 1 heterocycles. The maximum absolute atomic E-state index is 14.8. The van der Waals surface area contributed by atoms with E-state index >= 15 is 0 Å². The van der Waals surface area contributed by atoms with Crippen molar-refractivity contribution in [3.8, 4) is 5.75 Å². The number of halogens is 1. The van der Waals surface area contributed by atoms with Crippen molar-refractivity contribution in [1.82, 2.24) is 4.90 Å². The summed E-state index contributed by atoms with van der Waals surface area (Å²) in [5, 5.41) is 0. The number of rotatable bonds is 12. The molecule has 0 aromatic heterocycles. The summed E-state index contributed by atoms with van der Waals surface area (Å²) in [7, 11) is -3.90. The number of hydrogen-bond acceptors (Lipinski definition) is 4. The zero-order valence-corrected chi connectivity index (χ0v) is 25.1. The van der Waals surface area contributed by atoms with Gasteiger partial charge in [0.1, 0.15) is 17.2 Å². The van der Waals surface area contributed by atoms with Crippen molar-refractivity contribution in [3.63, 3.8) is 0 Å². The largest absolute Gasteiger partial charge is 0.488 e. The van der Waals surface area contributed by atoms with Gasteiger partial charge in [0, 0.05) is 19.6 Å². The minimum Gasteiger partial charge on any atom is -0.488 e. The molecule has 40 heavy (non-hydrogen) atoms. The van der Waals surface area contributed by atoms with E-state index in [0.29, 0.717) is 0 Å². The zero-order chi connectivity index (χ0) is 28.8. The highest BCUT2D eigenvalue weighted by Crippen LogP contribution is 2.27. The molecule has 0 fully saturated rings. The molecule has 216 valence electrons. The van der Waals surface area contributed by atoms with E-state index in [9.17, 15) is 12.8 Å². The lowest BCUT2D eigenvalue weighted by atomic mass is 9.99. The van der Waals surface area contributed by atoms with Crippen LogP contribution in [0.25, 0.3) is 0 Å². The summed E-state index contributed by atoms with van der Waals surface area (Å²) in [5.41, 5.74) is 3.99. The van der Waals surface area contributed by atoms with Crippen molar-refractivity contribution in [2.45, 2.75) is 96.2 Å². The van der Waals surface area contributed by atoms with Crippen LogP contribution in [0.3, 0.4) is 0 Å². The molecule has 1 aliphatic rings. The molecule has 1 aliphatic heterocycles. The molecule has 0 saturated heterocycles. The third-order valence-corrected chi connectivity index (χ3v) is 8.54. The van der Waals surface area contributed by atoms with Crippen molar-refractivity contribution in [2.24, 2.45) is 0 Å². The van der Waals surface area contributed by atoms with Gasteiger partial charge < -0.3 is 4.74 Å². The summed E-state index contributed by atoms with van der Waals surface area (Å²) in [5.74, 6) is 0.317. The molecule has 0 bridgehead atoms. The van der Waals surface area contributed by atoms with Crippen LogP contribution in [0.2, 0.25) is 0 Å². The molecular formula is C33H43FN2O3S. The third kappa shape index (κ3) is 8.55. The second kappa shape index (κ2) is 13.2. The first kappa shape index (κ1) is 30.1. The number of benzene rings is 3. The number of nitrogens with zero attached hydrogens (tertiary/aromatic N) is 1. The topological polar surface area (TPSA) is 58.6 Å². The second-order valence-electron chi connectivity index (χ2n) is 11.8. The first-order valence-corrected chi connectivity index (χ1v) is 15.9. The molecule has 0 aliphatic carbocycles. The minimum absolute atomic E-state index is 0.0162. The SMILES string of the molecule is CCCCCCCc1ccc(NS(=O)(=O)c2ccc3c(c2)CCN(Cc2ccc(OC(C)(C)C)cc2)C3)c(F)c1. The lowest BCUT2D eigenvalue weighted by Crippen LogP contribution is -2.30. The van der Waals surface area contributed by atoms with Crippen LogP contribution in [0.4, 0.5) is 10.1 Å². The van der Waals surface area contributed by atoms with Gasteiger partial charge in [-0.05, 0) is 98.7 Å². The molecule has 0 atom stereocenters. The molecule has 3 aromatic rings. The van der Waals surface area contributed by atoms with Crippen molar-refractivity contribution in [2.75, 3.05) is 11.3 Å². The first-order valence-electron chi connectivity index (χ1n) is 14.5. The van der Waals surface area contributed by atoms with Crippen LogP contribution in [-0.2, 0) is 36.0 Å². The molecule has 0 spiro atoms. The van der Waals surface area contributed by atoms with Gasteiger partial charge in [0.15, 0.2) is 0 Å². The average Bonchev–Trinajstić information content (AvgIpc) is 2.90. The zero-order valence-electron chi connectivity index (χ0n) is 24.3. The van der Waals surface area contributed by atoms with E-state index in [0.717, 1.165) is 67.8 Å². The third-order valence-electron chi connectivity index (χ3n) is 7.18. The number of ether oxygens (including phenoxy) is 1. The van der Waals surface area contributed by atoms with Crippen LogP contribution in [0.15, 0.2) is 65.6 Å². The molecule has 4 rings (SSSR count). The smallest absolute Gasteiger partial charge is 0.261 e. The average molecular weight is 567 g/mol. The Kier molecular flexibility index (Phi) is 9.90. The van der Waals surface area contributed by atoms with Crippen LogP contribution in [0, 0.1) is 5.82 Å². The molecule has 0 unspecified atom stereocenters. The van der Waals surface area contributed by atoms with Crippen LogP contribution in [0.5, 0.6) is 5.75 Å². The number of hydrogen-bond donors (Lipinski definition) is 1. The highest BCUT2D eigenvalue weighted by molar-refractivity contribution is 7.92. The number of unbranched alkanes of at least 4 members (excludes halogenated alkanes) is 4. The predicted octanol–water partition coefficient (Wildman–Crippen LogP) is 7.88. The second-order valence-corrected chi connectivity index (χ2v) is 13.5. The van der Waals surface area contributed by atoms with Gasteiger partial charge in [-0.1, -0.05) is 56.9 Å². The van der Waals surface area contributed by atoms with Gasteiger partial charge in [-0.25, -0.2) is 12.8 Å². The fourth-order valence-corrected chi connectivity index (χ4v) is 6.22. The Morgan fingerprint density at radius 2 is 1.62 bits per heavy atom. The van der Waals surface area contributed by atoms with Crippen molar-refractivity contribution in [1.29, 1.82) is 0 Å². The Labute approximate surface area is 239 Å². The van der Waals surface area contributed by atoms with Gasteiger partial charge in [0.05, 0.1) is 10.6 Å². The van der Waals surface area contributed by atoms with E-state index in [4.69, 9.17) is 4.74 Å². The molecule has 5 nitrogen and oxygen atoms in total. The highest BCUT2D eigenvalue weighted by atomic mass is 32.2. The van der Waals surface area contributed by atoms with Crippen LogP contribution >= 0.6 is 0 Å². The fraction of sp³-hybridized carbons (Fsp3) is 0.455. The molecule has 0 amide bonds. The fourth-order valence-electron chi connectivity index (χ4n) is 5.10. The number of aryl methyl sites for hydroxylation is 1. The van der Waals surface area contributed by atoms with Gasteiger partial charge in [-0.3, -0.25) is 9.62 Å². The van der Waals surface area contributed by atoms with E-state index in [1.807, 2.05) is 45.0 Å². The monoisotopic (exact) mass is 566 g/mol. The van der Waals surface area contributed by atoms with Crippen molar-refractivity contribution >= 4 is 15.7 Å². The van der Waals surface area contributed by atoms with Gasteiger partial charge in [0.25, 0.3) is 10.0 Å². The first-order chi connectivity index (χ1) is 19.0. The summed E-state index contributed by atoms with van der Waals surface area (Å²) in [6, 6.07) is 18.2. The molecule has 1 N–H and O–H groups in total. The van der Waals surface area contributed by atoms with E-state index in [2.05, 4.69) is 28.7 Å². The Morgan fingerprint density at radius 1 is 0.900 bits per heavy atom. The minimum atomic E-state index is -3.90. The summed E-state index contributed by atoms with van der Waals surface area (Å²) in [4.78, 5) is 2.52. The Morgan fingerprint density at radius 3 is 2.33 bits per heavy atom. The molecule has 0 radical (unpaired) electrons. The summed E-state index contributed by atoms with van der Waals surface area (Å²) in [6.45, 7) is 10.7. The number of nitrogens with one attached hydrogen (secondary N) is 1. The number of anilines is 1. The van der Waals surface area contributed by atoms with Gasteiger partial charge in [-0.2, -0.15) is 0 Å². The lowest BCUT2D eigenvalue weighted by molar-refractivity contribution is 0.131. The standard InChI is InChI=1S/C33H43FN2O3S/c1-5-6-7-8-9-10-25-13-18-32(31(34)21-25)35-40(37,38)30-17-14-28-24-36(20-19-27(28)22-30)23-26-11-15-29(16-12-26)39-33(2,3)4/h11-18,21-22,35H,5-10,19-20,23-24H2,1-4H3.